The summed E-state index contributed by atoms with van der Waals surface area (Å²) in [7, 11) is 0. The van der Waals surface area contributed by atoms with Crippen molar-refractivity contribution < 1.29 is 9.13 Å². The van der Waals surface area contributed by atoms with Crippen LogP contribution in [0.5, 0.6) is 11.5 Å². The molecule has 0 radical (unpaired) electrons. The van der Waals surface area contributed by atoms with Gasteiger partial charge in [0.1, 0.15) is 17.3 Å². The molecule has 0 unspecified atom stereocenters. The highest BCUT2D eigenvalue weighted by molar-refractivity contribution is 6.32. The molecule has 2 aromatic rings. The molecule has 2 aromatic carbocycles. The van der Waals surface area contributed by atoms with Crippen LogP contribution in [-0.4, -0.2) is 0 Å². The number of hydrogen-bond acceptors (Lipinski definition) is 1. The van der Waals surface area contributed by atoms with E-state index < -0.39 is 0 Å². The first kappa shape index (κ1) is 13.2. The Morgan fingerprint density at radius 2 is 1.83 bits per heavy atom. The number of hydrogen-bond donors (Lipinski definition) is 0. The minimum absolute atomic E-state index is 0.288. The lowest BCUT2D eigenvalue weighted by atomic mass is 10.2. The van der Waals surface area contributed by atoms with Gasteiger partial charge in [-0.1, -0.05) is 17.7 Å². The van der Waals surface area contributed by atoms with Gasteiger partial charge in [-0.25, -0.2) is 4.39 Å². The Morgan fingerprint density at radius 3 is 2.44 bits per heavy atom. The molecule has 4 heteroatoms. The maximum Gasteiger partial charge on any atom is 0.146 e. The van der Waals surface area contributed by atoms with Crippen LogP contribution < -0.4 is 4.74 Å². The number of benzene rings is 2. The lowest BCUT2D eigenvalue weighted by Crippen LogP contribution is -1.90. The van der Waals surface area contributed by atoms with E-state index in [4.69, 9.17) is 27.9 Å². The molecule has 94 valence electrons. The minimum atomic E-state index is -0.288. The monoisotopic (exact) mass is 284 g/mol. The quantitative estimate of drug-likeness (QED) is 0.693. The molecule has 1 nitrogen and oxygen atoms in total. The molecule has 0 aliphatic heterocycles. The molecular formula is C14H11Cl2FO. The summed E-state index contributed by atoms with van der Waals surface area (Å²) in [6.45, 7) is 1.78. The molecule has 0 saturated heterocycles. The zero-order valence-electron chi connectivity index (χ0n) is 9.71. The molecule has 0 amide bonds. The van der Waals surface area contributed by atoms with Gasteiger partial charge in [-0.05, 0) is 48.4 Å². The number of halogens is 3. The van der Waals surface area contributed by atoms with E-state index in [1.165, 1.54) is 12.1 Å². The topological polar surface area (TPSA) is 9.23 Å². The van der Waals surface area contributed by atoms with Crippen molar-refractivity contribution >= 4 is 23.2 Å². The zero-order valence-corrected chi connectivity index (χ0v) is 11.2. The number of aryl methyl sites for hydroxylation is 1. The fraction of sp³-hybridized carbons (Fsp3) is 0.143. The lowest BCUT2D eigenvalue weighted by Gasteiger charge is -2.10. The summed E-state index contributed by atoms with van der Waals surface area (Å²) in [5.41, 5.74) is 1.64. The summed E-state index contributed by atoms with van der Waals surface area (Å²) in [4.78, 5) is 0. The van der Waals surface area contributed by atoms with Gasteiger partial charge < -0.3 is 4.74 Å². The second-order valence-electron chi connectivity index (χ2n) is 3.91. The van der Waals surface area contributed by atoms with Gasteiger partial charge in [0.25, 0.3) is 0 Å². The van der Waals surface area contributed by atoms with E-state index in [1.807, 2.05) is 6.07 Å². The van der Waals surface area contributed by atoms with Crippen molar-refractivity contribution in [1.82, 2.24) is 0 Å². The molecular weight excluding hydrogens is 274 g/mol. The van der Waals surface area contributed by atoms with Crippen LogP contribution in [0.3, 0.4) is 0 Å². The van der Waals surface area contributed by atoms with E-state index >= 15 is 0 Å². The van der Waals surface area contributed by atoms with Gasteiger partial charge in [-0.15, -0.1) is 11.6 Å². The summed E-state index contributed by atoms with van der Waals surface area (Å²) in [6.07, 6.45) is 0. The van der Waals surface area contributed by atoms with E-state index in [0.29, 0.717) is 28.0 Å². The summed E-state index contributed by atoms with van der Waals surface area (Å²) in [5.74, 6) is 1.22. The molecule has 0 bridgehead atoms. The Morgan fingerprint density at radius 1 is 1.11 bits per heavy atom. The van der Waals surface area contributed by atoms with Gasteiger partial charge in [0.05, 0.1) is 5.02 Å². The van der Waals surface area contributed by atoms with E-state index in [0.717, 1.165) is 5.56 Å². The van der Waals surface area contributed by atoms with Crippen molar-refractivity contribution in [3.05, 3.63) is 58.4 Å². The van der Waals surface area contributed by atoms with Crippen molar-refractivity contribution in [2.24, 2.45) is 0 Å². The second kappa shape index (κ2) is 5.59. The van der Waals surface area contributed by atoms with Crippen molar-refractivity contribution in [3.63, 3.8) is 0 Å². The molecule has 0 heterocycles. The van der Waals surface area contributed by atoms with Gasteiger partial charge in [0.2, 0.25) is 0 Å². The SMILES string of the molecule is Cc1cc(F)ccc1Oc1ccc(CCl)cc1Cl. The lowest BCUT2D eigenvalue weighted by molar-refractivity contribution is 0.476. The first-order chi connectivity index (χ1) is 8.60. The minimum Gasteiger partial charge on any atom is -0.456 e. The highest BCUT2D eigenvalue weighted by atomic mass is 35.5. The second-order valence-corrected chi connectivity index (χ2v) is 4.58. The van der Waals surface area contributed by atoms with Crippen molar-refractivity contribution in [3.8, 4) is 11.5 Å². The molecule has 18 heavy (non-hydrogen) atoms. The smallest absolute Gasteiger partial charge is 0.146 e. The van der Waals surface area contributed by atoms with E-state index in [-0.39, 0.29) is 5.82 Å². The predicted molar refractivity (Wildman–Crippen MR) is 72.2 cm³/mol. The molecule has 0 aromatic heterocycles. The summed E-state index contributed by atoms with van der Waals surface area (Å²) >= 11 is 11.8. The average Bonchev–Trinajstić information content (AvgIpc) is 2.34. The summed E-state index contributed by atoms with van der Waals surface area (Å²) < 4.78 is 18.6. The molecule has 0 spiro atoms. The molecule has 0 fully saturated rings. The Kier molecular flexibility index (Phi) is 4.10. The van der Waals surface area contributed by atoms with Crippen LogP contribution in [0.25, 0.3) is 0 Å². The molecule has 0 aliphatic carbocycles. The highest BCUT2D eigenvalue weighted by Crippen LogP contribution is 2.32. The highest BCUT2D eigenvalue weighted by Gasteiger charge is 2.07. The third-order valence-corrected chi connectivity index (χ3v) is 3.11. The predicted octanol–water partition coefficient (Wildman–Crippen LogP) is 5.32. The van der Waals surface area contributed by atoms with Crippen LogP contribution in [0.4, 0.5) is 4.39 Å². The van der Waals surface area contributed by atoms with E-state index in [9.17, 15) is 4.39 Å². The standard InChI is InChI=1S/C14H11Cl2FO/c1-9-6-11(17)3-5-13(9)18-14-4-2-10(8-15)7-12(14)16/h2-7H,8H2,1H3. The van der Waals surface area contributed by atoms with Crippen molar-refractivity contribution in [2.75, 3.05) is 0 Å². The third-order valence-electron chi connectivity index (χ3n) is 2.51. The Labute approximate surface area is 115 Å². The average molecular weight is 285 g/mol. The first-order valence-corrected chi connectivity index (χ1v) is 6.30. The Bertz CT molecular complexity index is 570. The number of rotatable bonds is 3. The van der Waals surface area contributed by atoms with Crippen LogP contribution in [0.15, 0.2) is 36.4 Å². The first-order valence-electron chi connectivity index (χ1n) is 5.38. The van der Waals surface area contributed by atoms with E-state index in [1.54, 1.807) is 25.1 Å². The van der Waals surface area contributed by atoms with Gasteiger partial charge in [-0.2, -0.15) is 0 Å². The Balaban J connectivity index is 2.28. The van der Waals surface area contributed by atoms with Crippen LogP contribution >= 0.6 is 23.2 Å². The largest absolute Gasteiger partial charge is 0.456 e. The van der Waals surface area contributed by atoms with Crippen LogP contribution in [0.2, 0.25) is 5.02 Å². The van der Waals surface area contributed by atoms with Crippen LogP contribution in [0.1, 0.15) is 11.1 Å². The van der Waals surface area contributed by atoms with Crippen molar-refractivity contribution in [1.29, 1.82) is 0 Å². The maximum absolute atomic E-state index is 13.0. The van der Waals surface area contributed by atoms with Crippen LogP contribution in [0, 0.1) is 12.7 Å². The van der Waals surface area contributed by atoms with Gasteiger partial charge in [0, 0.05) is 5.88 Å². The van der Waals surface area contributed by atoms with Gasteiger partial charge in [-0.3, -0.25) is 0 Å². The molecule has 0 atom stereocenters. The Hall–Kier alpha value is -1.25. The summed E-state index contributed by atoms with van der Waals surface area (Å²) in [6, 6.07) is 9.69. The van der Waals surface area contributed by atoms with Crippen LogP contribution in [-0.2, 0) is 5.88 Å². The fourth-order valence-electron chi connectivity index (χ4n) is 1.56. The van der Waals surface area contributed by atoms with E-state index in [2.05, 4.69) is 0 Å². The normalized spacial score (nSPS) is 10.4. The fourth-order valence-corrected chi connectivity index (χ4v) is 1.96. The zero-order chi connectivity index (χ0) is 13.1. The third kappa shape index (κ3) is 2.95. The maximum atomic E-state index is 13.0. The molecule has 0 N–H and O–H groups in total. The van der Waals surface area contributed by atoms with Crippen molar-refractivity contribution in [2.45, 2.75) is 12.8 Å². The molecule has 0 aliphatic rings. The molecule has 2 rings (SSSR count). The number of ether oxygens (including phenoxy) is 1. The number of alkyl halides is 1. The van der Waals surface area contributed by atoms with Gasteiger partial charge >= 0.3 is 0 Å². The summed E-state index contributed by atoms with van der Waals surface area (Å²) in [5, 5.41) is 0.483. The van der Waals surface area contributed by atoms with Gasteiger partial charge in [0.15, 0.2) is 0 Å². The molecule has 0 saturated carbocycles.